The molecular weight excluding hydrogens is 244 g/mol. The summed E-state index contributed by atoms with van der Waals surface area (Å²) in [6, 6.07) is 10.2. The van der Waals surface area contributed by atoms with Crippen LogP contribution in [0.15, 0.2) is 30.3 Å². The van der Waals surface area contributed by atoms with Gasteiger partial charge in [-0.1, -0.05) is 36.8 Å². The first-order chi connectivity index (χ1) is 9.19. The molecule has 0 radical (unpaired) electrons. The molecule has 4 heteroatoms. The van der Waals surface area contributed by atoms with E-state index in [1.807, 2.05) is 18.2 Å². The lowest BCUT2D eigenvalue weighted by Crippen LogP contribution is -2.39. The number of benzene rings is 1. The van der Waals surface area contributed by atoms with E-state index in [1.165, 1.54) is 12.7 Å². The fraction of sp³-hybridized carbons (Fsp3) is 0.533. The van der Waals surface area contributed by atoms with E-state index >= 15 is 0 Å². The first-order valence-electron chi connectivity index (χ1n) is 6.63. The summed E-state index contributed by atoms with van der Waals surface area (Å²) in [5.41, 5.74) is 0.212. The zero-order valence-corrected chi connectivity index (χ0v) is 11.2. The van der Waals surface area contributed by atoms with Gasteiger partial charge in [-0.2, -0.15) is 0 Å². The SMILES string of the molecule is COC(=O)C1(C(O)CCCCc2ccccc2)CO1. The number of methoxy groups -OCH3 is 1. The van der Waals surface area contributed by atoms with E-state index < -0.39 is 17.7 Å². The van der Waals surface area contributed by atoms with Crippen LogP contribution < -0.4 is 0 Å². The smallest absolute Gasteiger partial charge is 0.343 e. The van der Waals surface area contributed by atoms with Crippen molar-refractivity contribution in [3.05, 3.63) is 35.9 Å². The highest BCUT2D eigenvalue weighted by Gasteiger charge is 2.58. The minimum absolute atomic E-state index is 0.263. The summed E-state index contributed by atoms with van der Waals surface area (Å²) in [4.78, 5) is 11.5. The third-order valence-electron chi connectivity index (χ3n) is 3.56. The number of rotatable bonds is 7. The van der Waals surface area contributed by atoms with Crippen LogP contribution in [0.5, 0.6) is 0 Å². The molecule has 0 aliphatic carbocycles. The van der Waals surface area contributed by atoms with Crippen molar-refractivity contribution in [3.8, 4) is 0 Å². The minimum Gasteiger partial charge on any atom is -0.467 e. The Balaban J connectivity index is 1.70. The molecule has 2 unspecified atom stereocenters. The third-order valence-corrected chi connectivity index (χ3v) is 3.56. The van der Waals surface area contributed by atoms with Gasteiger partial charge in [0.05, 0.1) is 19.8 Å². The van der Waals surface area contributed by atoms with Crippen LogP contribution in [0, 0.1) is 0 Å². The highest BCUT2D eigenvalue weighted by atomic mass is 16.6. The van der Waals surface area contributed by atoms with Crippen LogP contribution in [0.4, 0.5) is 0 Å². The zero-order chi connectivity index (χ0) is 13.7. The fourth-order valence-corrected chi connectivity index (χ4v) is 2.24. The lowest BCUT2D eigenvalue weighted by Gasteiger charge is -2.16. The van der Waals surface area contributed by atoms with Crippen LogP contribution in [0.1, 0.15) is 24.8 Å². The van der Waals surface area contributed by atoms with Crippen molar-refractivity contribution in [2.75, 3.05) is 13.7 Å². The van der Waals surface area contributed by atoms with Gasteiger partial charge in [0.25, 0.3) is 0 Å². The quantitative estimate of drug-likeness (QED) is 0.462. The molecule has 0 amide bonds. The van der Waals surface area contributed by atoms with E-state index in [-0.39, 0.29) is 6.61 Å². The van der Waals surface area contributed by atoms with Gasteiger partial charge in [0, 0.05) is 0 Å². The number of aliphatic hydroxyl groups excluding tert-OH is 1. The average molecular weight is 264 g/mol. The van der Waals surface area contributed by atoms with Gasteiger partial charge in [-0.3, -0.25) is 0 Å². The number of esters is 1. The second kappa shape index (κ2) is 6.17. The van der Waals surface area contributed by atoms with Crippen molar-refractivity contribution in [1.29, 1.82) is 0 Å². The summed E-state index contributed by atoms with van der Waals surface area (Å²) in [5.74, 6) is -0.469. The maximum atomic E-state index is 11.5. The van der Waals surface area contributed by atoms with Crippen molar-refractivity contribution >= 4 is 5.97 Å². The Morgan fingerprint density at radius 2 is 2.11 bits per heavy atom. The molecule has 1 aromatic carbocycles. The summed E-state index contributed by atoms with van der Waals surface area (Å²) >= 11 is 0. The topological polar surface area (TPSA) is 59.1 Å². The molecule has 2 atom stereocenters. The standard InChI is InChI=1S/C15H20O4/c1-18-14(17)15(11-19-15)13(16)10-6-5-9-12-7-3-2-4-8-12/h2-4,7-8,13,16H,5-6,9-11H2,1H3. The number of carbonyl (C=O) groups is 1. The summed E-state index contributed by atoms with van der Waals surface area (Å²) in [6.07, 6.45) is 2.62. The molecule has 1 heterocycles. The van der Waals surface area contributed by atoms with E-state index in [1.54, 1.807) is 0 Å². The van der Waals surface area contributed by atoms with Crippen molar-refractivity contribution in [1.82, 2.24) is 0 Å². The second-order valence-electron chi connectivity index (χ2n) is 4.92. The van der Waals surface area contributed by atoms with Gasteiger partial charge in [-0.05, 0) is 24.8 Å². The van der Waals surface area contributed by atoms with E-state index in [2.05, 4.69) is 16.9 Å². The zero-order valence-electron chi connectivity index (χ0n) is 11.2. The van der Waals surface area contributed by atoms with Gasteiger partial charge in [-0.25, -0.2) is 4.79 Å². The number of carbonyl (C=O) groups excluding carboxylic acids is 1. The Bertz CT molecular complexity index is 411. The summed E-state index contributed by atoms with van der Waals surface area (Å²) in [6.45, 7) is 0.263. The second-order valence-corrected chi connectivity index (χ2v) is 4.92. The molecule has 1 aliphatic rings. The molecule has 0 saturated carbocycles. The molecule has 0 bridgehead atoms. The number of ether oxygens (including phenoxy) is 2. The van der Waals surface area contributed by atoms with Crippen LogP contribution in [0.25, 0.3) is 0 Å². The summed E-state index contributed by atoms with van der Waals surface area (Å²) in [7, 11) is 1.31. The number of hydrogen-bond donors (Lipinski definition) is 1. The first-order valence-corrected chi connectivity index (χ1v) is 6.63. The molecule has 1 fully saturated rings. The predicted octanol–water partition coefficient (Wildman–Crippen LogP) is 1.70. The van der Waals surface area contributed by atoms with Gasteiger partial charge in [-0.15, -0.1) is 0 Å². The number of hydrogen-bond acceptors (Lipinski definition) is 4. The molecule has 1 saturated heterocycles. The summed E-state index contributed by atoms with van der Waals surface area (Å²) in [5, 5.41) is 10.0. The fourth-order valence-electron chi connectivity index (χ4n) is 2.24. The van der Waals surface area contributed by atoms with E-state index in [0.717, 1.165) is 19.3 Å². The number of aryl methyl sites for hydroxylation is 1. The lowest BCUT2D eigenvalue weighted by molar-refractivity contribution is -0.151. The average Bonchev–Trinajstić information content (AvgIpc) is 3.25. The molecule has 19 heavy (non-hydrogen) atoms. The molecule has 4 nitrogen and oxygen atoms in total. The van der Waals surface area contributed by atoms with Gasteiger partial charge in [0.2, 0.25) is 5.60 Å². The molecule has 1 N–H and O–H groups in total. The van der Waals surface area contributed by atoms with Gasteiger partial charge < -0.3 is 14.6 Å². The third kappa shape index (κ3) is 3.33. The van der Waals surface area contributed by atoms with E-state index in [9.17, 15) is 9.90 Å². The largest absolute Gasteiger partial charge is 0.467 e. The predicted molar refractivity (Wildman–Crippen MR) is 70.7 cm³/mol. The molecule has 1 aliphatic heterocycles. The van der Waals surface area contributed by atoms with Crippen molar-refractivity contribution in [3.63, 3.8) is 0 Å². The molecular formula is C15H20O4. The molecule has 0 spiro atoms. The Morgan fingerprint density at radius 1 is 1.42 bits per heavy atom. The van der Waals surface area contributed by atoms with Crippen molar-refractivity contribution < 1.29 is 19.4 Å². The van der Waals surface area contributed by atoms with Gasteiger partial charge >= 0.3 is 5.97 Å². The Hall–Kier alpha value is -1.39. The molecule has 0 aromatic heterocycles. The number of unbranched alkanes of at least 4 members (excludes halogenated alkanes) is 1. The maximum Gasteiger partial charge on any atom is 0.343 e. The Morgan fingerprint density at radius 3 is 2.68 bits per heavy atom. The monoisotopic (exact) mass is 264 g/mol. The van der Waals surface area contributed by atoms with E-state index in [0.29, 0.717) is 6.42 Å². The van der Waals surface area contributed by atoms with Crippen LogP contribution in [-0.2, 0) is 20.7 Å². The Labute approximate surface area is 113 Å². The summed E-state index contributed by atoms with van der Waals surface area (Å²) < 4.78 is 9.75. The van der Waals surface area contributed by atoms with Crippen LogP contribution in [-0.4, -0.2) is 36.5 Å². The Kier molecular flexibility index (Phi) is 4.56. The van der Waals surface area contributed by atoms with Crippen molar-refractivity contribution in [2.45, 2.75) is 37.4 Å². The van der Waals surface area contributed by atoms with Crippen LogP contribution in [0.3, 0.4) is 0 Å². The van der Waals surface area contributed by atoms with Crippen LogP contribution >= 0.6 is 0 Å². The normalized spacial score (nSPS) is 22.8. The number of aliphatic hydroxyl groups is 1. The maximum absolute atomic E-state index is 11.5. The first kappa shape index (κ1) is 14.0. The highest BCUT2D eigenvalue weighted by Crippen LogP contribution is 2.34. The van der Waals surface area contributed by atoms with Crippen LogP contribution in [0.2, 0.25) is 0 Å². The lowest BCUT2D eigenvalue weighted by atomic mass is 9.97. The molecule has 104 valence electrons. The number of epoxide rings is 1. The van der Waals surface area contributed by atoms with E-state index in [4.69, 9.17) is 4.74 Å². The minimum atomic E-state index is -1.08. The molecule has 1 aromatic rings. The highest BCUT2D eigenvalue weighted by molar-refractivity contribution is 5.83. The van der Waals surface area contributed by atoms with Gasteiger partial charge in [0.15, 0.2) is 0 Å². The van der Waals surface area contributed by atoms with Crippen molar-refractivity contribution in [2.24, 2.45) is 0 Å². The molecule has 2 rings (SSSR count). The van der Waals surface area contributed by atoms with Gasteiger partial charge in [0.1, 0.15) is 0 Å².